The van der Waals surface area contributed by atoms with Crippen LogP contribution in [0.3, 0.4) is 0 Å². The molecule has 2 aliphatic rings. The molecule has 1 amide bonds. The highest BCUT2D eigenvalue weighted by molar-refractivity contribution is 5.72. The summed E-state index contributed by atoms with van der Waals surface area (Å²) in [7, 11) is 0. The van der Waals surface area contributed by atoms with E-state index in [1.54, 1.807) is 4.90 Å². The van der Waals surface area contributed by atoms with Crippen molar-refractivity contribution >= 4 is 12.1 Å². The third-order valence-corrected chi connectivity index (χ3v) is 3.46. The van der Waals surface area contributed by atoms with E-state index in [0.717, 1.165) is 0 Å². The van der Waals surface area contributed by atoms with Crippen LogP contribution in [0, 0.1) is 5.92 Å². The van der Waals surface area contributed by atoms with E-state index >= 15 is 0 Å². The van der Waals surface area contributed by atoms with Gasteiger partial charge in [0.15, 0.2) is 0 Å². The number of carbonyl (C=O) groups is 2. The number of carboxylic acids is 1. The third-order valence-electron chi connectivity index (χ3n) is 3.46. The molecule has 6 nitrogen and oxygen atoms in total. The lowest BCUT2D eigenvalue weighted by atomic mass is 9.85. The Morgan fingerprint density at radius 1 is 1.21 bits per heavy atom. The van der Waals surface area contributed by atoms with Crippen molar-refractivity contribution in [3.8, 4) is 0 Å². The molecule has 0 aliphatic carbocycles. The molecule has 2 heterocycles. The standard InChI is InChI=1S/C13H21NO5/c1-13(2,3)19-12(17)14-9-4-8(11(15)16)5-10(14)7-18-6-9/h8-10H,4-7H2,1-3H3,(H,15,16)/p-1. The van der Waals surface area contributed by atoms with Gasteiger partial charge in [-0.15, -0.1) is 0 Å². The van der Waals surface area contributed by atoms with Gasteiger partial charge in [-0.05, 0) is 33.6 Å². The normalized spacial score (nSPS) is 30.9. The van der Waals surface area contributed by atoms with Crippen LogP contribution >= 0.6 is 0 Å². The molecule has 0 spiro atoms. The fourth-order valence-electron chi connectivity index (χ4n) is 2.72. The number of carboxylic acid groups (broad SMARTS) is 1. The van der Waals surface area contributed by atoms with Gasteiger partial charge in [-0.25, -0.2) is 4.79 Å². The Bertz CT molecular complexity index is 362. The van der Waals surface area contributed by atoms with Crippen molar-refractivity contribution < 1.29 is 24.2 Å². The molecule has 2 bridgehead atoms. The number of nitrogens with zero attached hydrogens (tertiary/aromatic N) is 1. The summed E-state index contributed by atoms with van der Waals surface area (Å²) in [4.78, 5) is 24.8. The monoisotopic (exact) mass is 270 g/mol. The summed E-state index contributed by atoms with van der Waals surface area (Å²) in [6.45, 7) is 6.15. The van der Waals surface area contributed by atoms with Crippen LogP contribution in [0.15, 0.2) is 0 Å². The van der Waals surface area contributed by atoms with Crippen LogP contribution in [-0.4, -0.2) is 47.9 Å². The van der Waals surface area contributed by atoms with Crippen LogP contribution in [0.2, 0.25) is 0 Å². The van der Waals surface area contributed by atoms with E-state index in [-0.39, 0.29) is 18.2 Å². The van der Waals surface area contributed by atoms with Crippen molar-refractivity contribution in [2.75, 3.05) is 13.2 Å². The minimum absolute atomic E-state index is 0.231. The SMILES string of the molecule is CC(C)(C)OC(=O)N1C2COCC1CC(C(=O)[O-])C2. The average molecular weight is 270 g/mol. The number of hydrogen-bond acceptors (Lipinski definition) is 5. The maximum Gasteiger partial charge on any atom is 0.410 e. The van der Waals surface area contributed by atoms with E-state index in [2.05, 4.69) is 0 Å². The van der Waals surface area contributed by atoms with Gasteiger partial charge < -0.3 is 19.4 Å². The summed E-state index contributed by atoms with van der Waals surface area (Å²) in [5, 5.41) is 11.0. The Hall–Kier alpha value is -1.30. The minimum atomic E-state index is -1.04. The van der Waals surface area contributed by atoms with E-state index in [0.29, 0.717) is 26.1 Å². The quantitative estimate of drug-likeness (QED) is 0.677. The molecule has 2 atom stereocenters. The second-order valence-corrected chi connectivity index (χ2v) is 6.22. The second kappa shape index (κ2) is 5.00. The number of carbonyl (C=O) groups excluding carboxylic acids is 2. The number of amides is 1. The number of aliphatic carboxylic acids is 1. The van der Waals surface area contributed by atoms with Crippen molar-refractivity contribution in [1.82, 2.24) is 4.90 Å². The maximum atomic E-state index is 12.2. The Morgan fingerprint density at radius 3 is 2.16 bits per heavy atom. The molecular formula is C13H20NO5-. The number of rotatable bonds is 1. The van der Waals surface area contributed by atoms with E-state index in [1.807, 2.05) is 20.8 Å². The molecule has 19 heavy (non-hydrogen) atoms. The maximum absolute atomic E-state index is 12.2. The topological polar surface area (TPSA) is 78.9 Å². The van der Waals surface area contributed by atoms with E-state index in [9.17, 15) is 14.7 Å². The molecule has 2 fully saturated rings. The number of hydrogen-bond donors (Lipinski definition) is 0. The van der Waals surface area contributed by atoms with Crippen LogP contribution in [0.25, 0.3) is 0 Å². The number of ether oxygens (including phenoxy) is 2. The number of morpholine rings is 1. The predicted octanol–water partition coefficient (Wildman–Crippen LogP) is 0.151. The number of piperidine rings is 1. The number of fused-ring (bicyclic) bond motifs is 2. The van der Waals surface area contributed by atoms with Crippen LogP contribution in [0.1, 0.15) is 33.6 Å². The van der Waals surface area contributed by atoms with E-state index in [1.165, 1.54) is 0 Å². The summed E-state index contributed by atoms with van der Waals surface area (Å²) >= 11 is 0. The summed E-state index contributed by atoms with van der Waals surface area (Å²) in [6, 6.07) is -0.463. The largest absolute Gasteiger partial charge is 0.550 e. The molecule has 0 saturated carbocycles. The molecule has 2 saturated heterocycles. The molecule has 2 aliphatic heterocycles. The zero-order valence-electron chi connectivity index (χ0n) is 11.5. The molecular weight excluding hydrogens is 250 g/mol. The highest BCUT2D eigenvalue weighted by Crippen LogP contribution is 2.32. The molecule has 0 radical (unpaired) electrons. The van der Waals surface area contributed by atoms with Gasteiger partial charge in [-0.1, -0.05) is 0 Å². The molecule has 6 heteroatoms. The van der Waals surface area contributed by atoms with Crippen molar-refractivity contribution in [2.45, 2.75) is 51.3 Å². The molecule has 2 unspecified atom stereocenters. The Labute approximate surface area is 112 Å². The summed E-state index contributed by atoms with van der Waals surface area (Å²) in [6.07, 6.45) is 0.360. The minimum Gasteiger partial charge on any atom is -0.550 e. The fraction of sp³-hybridized carbons (Fsp3) is 0.846. The summed E-state index contributed by atoms with van der Waals surface area (Å²) in [5.41, 5.74) is -0.558. The Morgan fingerprint density at radius 2 is 1.74 bits per heavy atom. The second-order valence-electron chi connectivity index (χ2n) is 6.22. The lowest BCUT2D eigenvalue weighted by Gasteiger charge is -2.48. The molecule has 108 valence electrons. The zero-order chi connectivity index (χ0) is 14.2. The first-order valence-electron chi connectivity index (χ1n) is 6.58. The molecule has 0 aromatic rings. The van der Waals surface area contributed by atoms with Gasteiger partial charge in [0.1, 0.15) is 5.60 Å². The third kappa shape index (κ3) is 3.18. The van der Waals surface area contributed by atoms with Gasteiger partial charge in [0.2, 0.25) is 0 Å². The lowest BCUT2D eigenvalue weighted by molar-refractivity contribution is -0.314. The van der Waals surface area contributed by atoms with Crippen molar-refractivity contribution in [3.05, 3.63) is 0 Å². The van der Waals surface area contributed by atoms with Gasteiger partial charge in [0, 0.05) is 11.9 Å². The van der Waals surface area contributed by atoms with Crippen molar-refractivity contribution in [3.63, 3.8) is 0 Å². The highest BCUT2D eigenvalue weighted by atomic mass is 16.6. The van der Waals surface area contributed by atoms with Crippen LogP contribution in [-0.2, 0) is 14.3 Å². The van der Waals surface area contributed by atoms with Crippen LogP contribution in [0.5, 0.6) is 0 Å². The van der Waals surface area contributed by atoms with Gasteiger partial charge >= 0.3 is 6.09 Å². The van der Waals surface area contributed by atoms with Gasteiger partial charge in [-0.2, -0.15) is 0 Å². The van der Waals surface area contributed by atoms with Gasteiger partial charge in [0.05, 0.1) is 25.3 Å². The highest BCUT2D eigenvalue weighted by Gasteiger charge is 2.43. The van der Waals surface area contributed by atoms with E-state index < -0.39 is 17.5 Å². The molecule has 0 aromatic carbocycles. The first-order valence-corrected chi connectivity index (χ1v) is 6.58. The first kappa shape index (κ1) is 14.1. The molecule has 0 N–H and O–H groups in total. The van der Waals surface area contributed by atoms with Crippen LogP contribution in [0.4, 0.5) is 4.79 Å². The van der Waals surface area contributed by atoms with E-state index in [4.69, 9.17) is 9.47 Å². The summed E-state index contributed by atoms with van der Waals surface area (Å²) < 4.78 is 10.8. The summed E-state index contributed by atoms with van der Waals surface area (Å²) in [5.74, 6) is -1.54. The molecule has 2 rings (SSSR count). The zero-order valence-corrected chi connectivity index (χ0v) is 11.5. The lowest BCUT2D eigenvalue weighted by Crippen LogP contribution is -2.61. The average Bonchev–Trinajstić information content (AvgIpc) is 2.24. The fourth-order valence-corrected chi connectivity index (χ4v) is 2.72. The first-order chi connectivity index (χ1) is 8.78. The van der Waals surface area contributed by atoms with Crippen molar-refractivity contribution in [2.24, 2.45) is 5.92 Å². The van der Waals surface area contributed by atoms with Crippen molar-refractivity contribution in [1.29, 1.82) is 0 Å². The Balaban J connectivity index is 2.10. The van der Waals surface area contributed by atoms with Gasteiger partial charge in [0.25, 0.3) is 0 Å². The van der Waals surface area contributed by atoms with Crippen LogP contribution < -0.4 is 5.11 Å². The predicted molar refractivity (Wildman–Crippen MR) is 64.2 cm³/mol. The Kier molecular flexibility index (Phi) is 3.71. The smallest absolute Gasteiger partial charge is 0.410 e. The molecule has 0 aromatic heterocycles. The van der Waals surface area contributed by atoms with Gasteiger partial charge in [-0.3, -0.25) is 4.90 Å².